The van der Waals surface area contributed by atoms with Crippen molar-refractivity contribution in [1.29, 1.82) is 0 Å². The minimum absolute atomic E-state index is 0.0430. The lowest BCUT2D eigenvalue weighted by Gasteiger charge is -2.36. The van der Waals surface area contributed by atoms with Crippen LogP contribution in [0.4, 0.5) is 0 Å². The summed E-state index contributed by atoms with van der Waals surface area (Å²) < 4.78 is 33.6. The van der Waals surface area contributed by atoms with Gasteiger partial charge in [0, 0.05) is 61.5 Å². The molecule has 3 N–H and O–H groups in total. The number of carbonyl (C=O) groups excluding carboxylic acids is 1. The van der Waals surface area contributed by atoms with Crippen molar-refractivity contribution < 1.29 is 52.6 Å². The number of nitrogens with zero attached hydrogens (tertiary/aromatic N) is 3. The Morgan fingerprint density at radius 1 is 0.708 bits per heavy atom. The lowest BCUT2D eigenvalue weighted by Crippen LogP contribution is -2.49. The SMILES string of the molecule is CC(C)Oc1ccc(-c2cc(COc3ccc(C=O)cc3)no2)cc1Cl.CC(C)Oc1ccc(-c2cc(COc3ccc(CN4CC(C(=O)O)C4)cc3)no2)cc1Cl.O=C(O)C1CNC1. The number of carbonyl (C=O) groups is 3. The van der Waals surface area contributed by atoms with E-state index in [-0.39, 0.29) is 37.3 Å². The van der Waals surface area contributed by atoms with E-state index < -0.39 is 11.9 Å². The van der Waals surface area contributed by atoms with Gasteiger partial charge in [0.1, 0.15) is 53.9 Å². The van der Waals surface area contributed by atoms with E-state index in [0.29, 0.717) is 81.9 Å². The van der Waals surface area contributed by atoms with Crippen molar-refractivity contribution in [3.05, 3.63) is 130 Å². The minimum atomic E-state index is -0.721. The molecule has 2 aliphatic rings. The topological polar surface area (TPSA) is 196 Å². The Morgan fingerprint density at radius 2 is 1.17 bits per heavy atom. The van der Waals surface area contributed by atoms with Gasteiger partial charge in [-0.05, 0) is 106 Å². The molecule has 0 atom stereocenters. The van der Waals surface area contributed by atoms with E-state index in [0.717, 1.165) is 35.3 Å². The first kappa shape index (κ1) is 48.1. The molecule has 17 heteroatoms. The highest BCUT2D eigenvalue weighted by molar-refractivity contribution is 6.32. The molecule has 4 aromatic carbocycles. The van der Waals surface area contributed by atoms with Crippen molar-refractivity contribution in [2.75, 3.05) is 26.2 Å². The largest absolute Gasteiger partial charge is 0.489 e. The monoisotopic (exact) mass is 928 g/mol. The molecular formula is C48H50Cl2N4O11. The molecule has 4 heterocycles. The number of carboxylic acid groups (broad SMARTS) is 2. The van der Waals surface area contributed by atoms with Crippen molar-refractivity contribution in [2.45, 2.75) is 59.7 Å². The molecule has 6 aromatic rings. The summed E-state index contributed by atoms with van der Waals surface area (Å²) in [7, 11) is 0. The van der Waals surface area contributed by atoms with Crippen LogP contribution in [0.25, 0.3) is 22.6 Å². The molecule has 2 aromatic heterocycles. The Kier molecular flexibility index (Phi) is 17.0. The van der Waals surface area contributed by atoms with Crippen LogP contribution in [0.5, 0.6) is 23.0 Å². The Balaban J connectivity index is 0.000000190. The number of halogens is 2. The number of carboxylic acids is 2. The molecule has 0 bridgehead atoms. The maximum absolute atomic E-state index is 10.9. The van der Waals surface area contributed by atoms with Crippen molar-refractivity contribution in [1.82, 2.24) is 20.5 Å². The molecule has 2 saturated heterocycles. The third kappa shape index (κ3) is 14.3. The van der Waals surface area contributed by atoms with Gasteiger partial charge in [-0.15, -0.1) is 0 Å². The molecule has 15 nitrogen and oxygen atoms in total. The molecule has 8 rings (SSSR count). The molecule has 65 heavy (non-hydrogen) atoms. The van der Waals surface area contributed by atoms with Gasteiger partial charge in [-0.1, -0.05) is 45.6 Å². The van der Waals surface area contributed by atoms with E-state index in [2.05, 4.69) is 20.5 Å². The number of aldehydes is 1. The second kappa shape index (κ2) is 23.0. The summed E-state index contributed by atoms with van der Waals surface area (Å²) in [5, 5.41) is 29.1. The molecule has 0 amide bonds. The molecule has 342 valence electrons. The predicted molar refractivity (Wildman–Crippen MR) is 243 cm³/mol. The second-order valence-electron chi connectivity index (χ2n) is 15.8. The highest BCUT2D eigenvalue weighted by Gasteiger charge is 2.32. The molecular weight excluding hydrogens is 879 g/mol. The molecule has 0 unspecified atom stereocenters. The summed E-state index contributed by atoms with van der Waals surface area (Å²) in [5.41, 5.74) is 4.65. The molecule has 0 spiro atoms. The zero-order valence-electron chi connectivity index (χ0n) is 36.2. The number of likely N-dealkylation sites (tertiary alicyclic amines) is 1. The fraction of sp³-hybridized carbons (Fsp3) is 0.312. The number of aromatic nitrogens is 2. The average molecular weight is 930 g/mol. The van der Waals surface area contributed by atoms with Gasteiger partial charge in [-0.3, -0.25) is 19.3 Å². The van der Waals surface area contributed by atoms with Gasteiger partial charge >= 0.3 is 11.9 Å². The second-order valence-corrected chi connectivity index (χ2v) is 16.6. The first-order valence-corrected chi connectivity index (χ1v) is 21.6. The van der Waals surface area contributed by atoms with E-state index in [1.165, 1.54) is 0 Å². The minimum Gasteiger partial charge on any atom is -0.489 e. The van der Waals surface area contributed by atoms with E-state index in [1.54, 1.807) is 42.5 Å². The Morgan fingerprint density at radius 3 is 1.54 bits per heavy atom. The van der Waals surface area contributed by atoms with Crippen LogP contribution in [0.3, 0.4) is 0 Å². The zero-order chi connectivity index (χ0) is 46.5. The summed E-state index contributed by atoms with van der Waals surface area (Å²) in [6, 6.07) is 29.2. The number of ether oxygens (including phenoxy) is 4. The zero-order valence-corrected chi connectivity index (χ0v) is 37.8. The Labute approximate surface area is 386 Å². The Hall–Kier alpha value is -6.39. The molecule has 0 radical (unpaired) electrons. The highest BCUT2D eigenvalue weighted by Crippen LogP contribution is 2.33. The van der Waals surface area contributed by atoms with Gasteiger partial charge < -0.3 is 43.5 Å². The summed E-state index contributed by atoms with van der Waals surface area (Å²) in [6.45, 7) is 11.5. The average Bonchev–Trinajstić information content (AvgIpc) is 3.92. The van der Waals surface area contributed by atoms with E-state index in [9.17, 15) is 14.4 Å². The third-order valence-corrected chi connectivity index (χ3v) is 10.4. The molecule has 2 fully saturated rings. The van der Waals surface area contributed by atoms with Crippen LogP contribution in [-0.4, -0.2) is 82.0 Å². The van der Waals surface area contributed by atoms with Gasteiger partial charge in [-0.2, -0.15) is 0 Å². The van der Waals surface area contributed by atoms with E-state index in [4.69, 9.17) is 61.4 Å². The maximum atomic E-state index is 10.9. The van der Waals surface area contributed by atoms with Crippen molar-refractivity contribution in [3.8, 4) is 45.6 Å². The smallest absolute Gasteiger partial charge is 0.309 e. The summed E-state index contributed by atoms with van der Waals surface area (Å²) in [4.78, 5) is 33.6. The van der Waals surface area contributed by atoms with Crippen LogP contribution in [-0.2, 0) is 29.3 Å². The molecule has 0 saturated carbocycles. The number of benzene rings is 4. The first-order chi connectivity index (χ1) is 31.2. The normalized spacial score (nSPS) is 13.7. The van der Waals surface area contributed by atoms with Crippen molar-refractivity contribution in [3.63, 3.8) is 0 Å². The summed E-state index contributed by atoms with van der Waals surface area (Å²) in [5.74, 6) is 2.08. The van der Waals surface area contributed by atoms with Crippen molar-refractivity contribution in [2.24, 2.45) is 11.8 Å². The van der Waals surface area contributed by atoms with Crippen LogP contribution in [0.1, 0.15) is 55.0 Å². The lowest BCUT2D eigenvalue weighted by molar-refractivity contribution is -0.148. The van der Waals surface area contributed by atoms with Crippen LogP contribution in [0.2, 0.25) is 10.0 Å². The van der Waals surface area contributed by atoms with Gasteiger partial charge in [0.15, 0.2) is 11.5 Å². The van der Waals surface area contributed by atoms with Crippen LogP contribution in [0, 0.1) is 11.8 Å². The van der Waals surface area contributed by atoms with Gasteiger partial charge in [0.25, 0.3) is 0 Å². The fourth-order valence-corrected chi connectivity index (χ4v) is 6.71. The third-order valence-electron chi connectivity index (χ3n) is 9.83. The Bertz CT molecular complexity index is 2500. The first-order valence-electron chi connectivity index (χ1n) is 20.9. The predicted octanol–water partition coefficient (Wildman–Crippen LogP) is 9.34. The standard InChI is InChI=1S/C24H25ClN2O5.C20H18ClNO4.C4H7NO2/c1-15(2)31-22-8-5-17(9-21(22)25)23-10-19(26-32-23)14-30-20-6-3-16(4-7-20)11-27-12-18(13-27)24(28)29;1-13(2)25-19-8-5-15(9-18(19)21)20-10-16(22-26-20)12-24-17-6-3-14(11-23)4-7-17;6-4(7)3-1-5-2-3/h3-10,15,18H,11-14H2,1-2H3,(H,28,29);3-11,13H,12H2,1-2H3;3,5H,1-2H2,(H,6,7). The maximum Gasteiger partial charge on any atom is 0.309 e. The number of aliphatic carboxylic acids is 2. The quantitative estimate of drug-likeness (QED) is 0.0732. The van der Waals surface area contributed by atoms with E-state index in [1.807, 2.05) is 82.3 Å². The lowest BCUT2D eigenvalue weighted by atomic mass is 10.00. The molecule has 2 aliphatic heterocycles. The number of hydrogen-bond donors (Lipinski definition) is 3. The highest BCUT2D eigenvalue weighted by atomic mass is 35.5. The van der Waals surface area contributed by atoms with E-state index >= 15 is 0 Å². The molecule has 0 aliphatic carbocycles. The van der Waals surface area contributed by atoms with Crippen molar-refractivity contribution >= 4 is 41.4 Å². The number of hydrogen-bond acceptors (Lipinski definition) is 13. The van der Waals surface area contributed by atoms with Crippen LogP contribution >= 0.6 is 23.2 Å². The number of nitrogens with one attached hydrogen (secondary N) is 1. The van der Waals surface area contributed by atoms with Gasteiger partial charge in [-0.25, -0.2) is 0 Å². The fourth-order valence-electron chi connectivity index (χ4n) is 6.26. The van der Waals surface area contributed by atoms with Gasteiger partial charge in [0.2, 0.25) is 0 Å². The van der Waals surface area contributed by atoms with Crippen LogP contribution < -0.4 is 24.3 Å². The van der Waals surface area contributed by atoms with Crippen LogP contribution in [0.15, 0.2) is 106 Å². The van der Waals surface area contributed by atoms with Gasteiger partial charge in [0.05, 0.1) is 34.1 Å². The summed E-state index contributed by atoms with van der Waals surface area (Å²) >= 11 is 12.6. The summed E-state index contributed by atoms with van der Waals surface area (Å²) in [6.07, 6.45) is 0.880. The number of rotatable bonds is 17.